The third kappa shape index (κ3) is 7.23. The number of methoxy groups -OCH3 is 1. The predicted octanol–water partition coefficient (Wildman–Crippen LogP) is 4.74. The molecule has 2 aromatic rings. The number of urea groups is 1. The van der Waals surface area contributed by atoms with Crippen molar-refractivity contribution in [3.05, 3.63) is 84.2 Å². The van der Waals surface area contributed by atoms with Crippen molar-refractivity contribution in [2.45, 2.75) is 20.3 Å². The molecule has 3 N–H and O–H groups in total. The van der Waals surface area contributed by atoms with Gasteiger partial charge in [0.2, 0.25) is 5.91 Å². The van der Waals surface area contributed by atoms with Crippen molar-refractivity contribution in [2.75, 3.05) is 35.7 Å². The Balaban J connectivity index is 1.72. The van der Waals surface area contributed by atoms with Gasteiger partial charge in [0.15, 0.2) is 0 Å². The maximum atomic E-state index is 12.5. The minimum absolute atomic E-state index is 0.0206. The number of hydrogen-bond acceptors (Lipinski definition) is 5. The summed E-state index contributed by atoms with van der Waals surface area (Å²) in [5, 5.41) is 14.5. The van der Waals surface area contributed by atoms with Gasteiger partial charge in [-0.2, -0.15) is 0 Å². The van der Waals surface area contributed by atoms with Crippen LogP contribution in [0.4, 0.5) is 21.9 Å². The number of aliphatic carboxylic acids is 1. The van der Waals surface area contributed by atoms with Crippen LogP contribution in [0, 0.1) is 6.92 Å². The van der Waals surface area contributed by atoms with Crippen molar-refractivity contribution < 1.29 is 24.2 Å². The zero-order chi connectivity index (χ0) is 26.1. The lowest BCUT2D eigenvalue weighted by Crippen LogP contribution is -2.30. The maximum absolute atomic E-state index is 12.5. The van der Waals surface area contributed by atoms with E-state index in [1.807, 2.05) is 49.4 Å². The van der Waals surface area contributed by atoms with Crippen molar-refractivity contribution in [3.63, 3.8) is 0 Å². The van der Waals surface area contributed by atoms with Crippen molar-refractivity contribution >= 4 is 35.0 Å². The van der Waals surface area contributed by atoms with E-state index in [1.165, 1.54) is 14.0 Å². The number of hydrogen-bond donors (Lipinski definition) is 3. The average Bonchev–Trinajstić information content (AvgIpc) is 3.08. The molecule has 1 aliphatic heterocycles. The molecule has 2 aromatic carbocycles. The molecule has 36 heavy (non-hydrogen) atoms. The first-order valence-corrected chi connectivity index (χ1v) is 11.4. The van der Waals surface area contributed by atoms with Crippen molar-refractivity contribution in [1.82, 2.24) is 4.90 Å². The molecule has 3 amide bonds. The summed E-state index contributed by atoms with van der Waals surface area (Å²) in [6.45, 7) is 4.03. The van der Waals surface area contributed by atoms with Crippen LogP contribution in [0.5, 0.6) is 5.75 Å². The summed E-state index contributed by atoms with van der Waals surface area (Å²) in [4.78, 5) is 39.2. The van der Waals surface area contributed by atoms with Gasteiger partial charge in [0.25, 0.3) is 0 Å². The fourth-order valence-corrected chi connectivity index (χ4v) is 3.56. The molecule has 0 aliphatic carbocycles. The van der Waals surface area contributed by atoms with Crippen LogP contribution < -0.4 is 20.3 Å². The molecule has 0 unspecified atom stereocenters. The molecule has 0 saturated carbocycles. The lowest BCUT2D eigenvalue weighted by Gasteiger charge is -2.23. The highest BCUT2D eigenvalue weighted by molar-refractivity contribution is 6.01. The van der Waals surface area contributed by atoms with Crippen LogP contribution in [0.1, 0.15) is 18.9 Å². The third-order valence-corrected chi connectivity index (χ3v) is 5.51. The van der Waals surface area contributed by atoms with Gasteiger partial charge in [-0.1, -0.05) is 24.3 Å². The number of allylic oxidation sites excluding steroid dienone is 2. The van der Waals surface area contributed by atoms with E-state index in [2.05, 4.69) is 10.6 Å². The van der Waals surface area contributed by atoms with Gasteiger partial charge in [0.1, 0.15) is 5.75 Å². The van der Waals surface area contributed by atoms with Crippen LogP contribution in [-0.4, -0.2) is 48.1 Å². The van der Waals surface area contributed by atoms with E-state index in [4.69, 9.17) is 9.84 Å². The Morgan fingerprint density at radius 1 is 1.06 bits per heavy atom. The Kier molecular flexibility index (Phi) is 8.88. The van der Waals surface area contributed by atoms with Crippen LogP contribution in [0.15, 0.2) is 78.7 Å². The number of para-hydroxylation sites is 1. The second-order valence-corrected chi connectivity index (χ2v) is 8.16. The minimum Gasteiger partial charge on any atom is -0.494 e. The van der Waals surface area contributed by atoms with E-state index in [1.54, 1.807) is 40.4 Å². The number of nitrogens with zero attached hydrogens (tertiary/aromatic N) is 2. The third-order valence-electron chi connectivity index (χ3n) is 5.51. The molecular formula is C27H30N4O5. The number of carboxylic acid groups (broad SMARTS) is 1. The Morgan fingerprint density at radius 3 is 2.50 bits per heavy atom. The Hall–Kier alpha value is -4.53. The minimum atomic E-state index is -0.864. The summed E-state index contributed by atoms with van der Waals surface area (Å²) < 4.78 is 5.49. The first-order valence-electron chi connectivity index (χ1n) is 11.4. The summed E-state index contributed by atoms with van der Waals surface area (Å²) in [5.74, 6) is -0.624. The molecular weight excluding hydrogens is 460 g/mol. The monoisotopic (exact) mass is 490 g/mol. The van der Waals surface area contributed by atoms with Crippen molar-refractivity contribution in [1.29, 1.82) is 0 Å². The van der Waals surface area contributed by atoms with Crippen LogP contribution in [0.25, 0.3) is 0 Å². The highest BCUT2D eigenvalue weighted by Crippen LogP contribution is 2.31. The topological polar surface area (TPSA) is 111 Å². The molecule has 0 bridgehead atoms. The zero-order valence-electron chi connectivity index (χ0n) is 20.5. The second kappa shape index (κ2) is 12.3. The molecule has 0 fully saturated rings. The number of nitrogens with one attached hydrogen (secondary N) is 2. The number of rotatable bonds is 9. The van der Waals surface area contributed by atoms with Crippen molar-refractivity contribution in [3.8, 4) is 5.75 Å². The number of ether oxygens (including phenoxy) is 1. The Morgan fingerprint density at radius 2 is 1.81 bits per heavy atom. The molecule has 9 heteroatoms. The number of carbonyl (C=O) groups excluding carboxylic acids is 2. The van der Waals surface area contributed by atoms with Gasteiger partial charge < -0.3 is 30.3 Å². The number of anilines is 3. The standard InChI is InChI=1S/C27H30N4O5/c1-19-7-4-5-9-23(19)28-27(35)29-24-11-10-22(17-25(24)36-3)31(20(2)32)18-21-8-6-14-30(15-12-21)16-13-26(33)34/h4-12,14-15,17H,13,16,18H2,1-3H3,(H,33,34)(H2,28,29,35). The van der Waals surface area contributed by atoms with Gasteiger partial charge in [-0.25, -0.2) is 4.79 Å². The highest BCUT2D eigenvalue weighted by Gasteiger charge is 2.17. The number of carboxylic acids is 1. The van der Waals surface area contributed by atoms with Gasteiger partial charge in [0.05, 0.1) is 25.8 Å². The fraction of sp³-hybridized carbons (Fsp3) is 0.222. The van der Waals surface area contributed by atoms with E-state index >= 15 is 0 Å². The highest BCUT2D eigenvalue weighted by atomic mass is 16.5. The zero-order valence-corrected chi connectivity index (χ0v) is 20.5. The van der Waals surface area contributed by atoms with Crippen LogP contribution >= 0.6 is 0 Å². The van der Waals surface area contributed by atoms with Crippen molar-refractivity contribution in [2.24, 2.45) is 0 Å². The lowest BCUT2D eigenvalue weighted by atomic mass is 10.2. The predicted molar refractivity (Wildman–Crippen MR) is 140 cm³/mol. The first-order chi connectivity index (χ1) is 17.3. The summed E-state index contributed by atoms with van der Waals surface area (Å²) in [6, 6.07) is 12.2. The van der Waals surface area contributed by atoms with Gasteiger partial charge in [0, 0.05) is 43.3 Å². The molecule has 0 spiro atoms. The largest absolute Gasteiger partial charge is 0.494 e. The van der Waals surface area contributed by atoms with E-state index < -0.39 is 12.0 Å². The Labute approximate surface area is 210 Å². The second-order valence-electron chi connectivity index (χ2n) is 8.16. The van der Waals surface area contributed by atoms with Gasteiger partial charge >= 0.3 is 12.0 Å². The van der Waals surface area contributed by atoms with Gasteiger partial charge in [-0.05, 0) is 48.4 Å². The smallest absolute Gasteiger partial charge is 0.323 e. The molecule has 0 saturated heterocycles. The molecule has 1 heterocycles. The number of aryl methyl sites for hydroxylation is 1. The first kappa shape index (κ1) is 26.1. The van der Waals surface area contributed by atoms with E-state index in [-0.39, 0.29) is 12.3 Å². The maximum Gasteiger partial charge on any atom is 0.323 e. The normalized spacial score (nSPS) is 12.4. The number of amides is 3. The SMILES string of the molecule is COc1cc(N(CC2=CC=CN(CCC(=O)O)C=C2)C(C)=O)ccc1NC(=O)Nc1ccccc1C. The Bertz CT molecular complexity index is 1220. The van der Waals surface area contributed by atoms with Crippen LogP contribution in [-0.2, 0) is 9.59 Å². The van der Waals surface area contributed by atoms with Crippen LogP contribution in [0.3, 0.4) is 0 Å². The molecule has 1 aliphatic rings. The molecule has 9 nitrogen and oxygen atoms in total. The summed E-state index contributed by atoms with van der Waals surface area (Å²) in [6.07, 6.45) is 9.13. The summed E-state index contributed by atoms with van der Waals surface area (Å²) in [7, 11) is 1.49. The number of benzene rings is 2. The van der Waals surface area contributed by atoms with E-state index in [0.717, 1.165) is 11.1 Å². The average molecular weight is 491 g/mol. The summed E-state index contributed by atoms with van der Waals surface area (Å²) >= 11 is 0. The summed E-state index contributed by atoms with van der Waals surface area (Å²) in [5.41, 5.74) is 3.57. The molecule has 0 radical (unpaired) electrons. The molecule has 0 aromatic heterocycles. The van der Waals surface area contributed by atoms with Gasteiger partial charge in [-0.3, -0.25) is 9.59 Å². The quantitative estimate of drug-likeness (QED) is 0.468. The fourth-order valence-electron chi connectivity index (χ4n) is 3.56. The van der Waals surface area contributed by atoms with E-state index in [0.29, 0.717) is 35.9 Å². The van der Waals surface area contributed by atoms with Gasteiger partial charge in [-0.15, -0.1) is 0 Å². The molecule has 3 rings (SSSR count). The number of carbonyl (C=O) groups is 3. The van der Waals surface area contributed by atoms with Crippen LogP contribution in [0.2, 0.25) is 0 Å². The lowest BCUT2D eigenvalue weighted by molar-refractivity contribution is -0.137. The molecule has 188 valence electrons. The molecule has 0 atom stereocenters. The van der Waals surface area contributed by atoms with E-state index in [9.17, 15) is 14.4 Å².